The second-order valence-electron chi connectivity index (χ2n) is 3.86. The van der Waals surface area contributed by atoms with E-state index in [0.717, 1.165) is 4.90 Å². The van der Waals surface area contributed by atoms with Gasteiger partial charge in [-0.2, -0.15) is 0 Å². The number of hydrogen-bond acceptors (Lipinski definition) is 3. The first kappa shape index (κ1) is 13.1. The summed E-state index contributed by atoms with van der Waals surface area (Å²) in [5.41, 5.74) is 0.625. The first-order chi connectivity index (χ1) is 7.56. The summed E-state index contributed by atoms with van der Waals surface area (Å²) in [6.07, 6.45) is 0. The third-order valence-corrected chi connectivity index (χ3v) is 2.64. The number of benzene rings is 1. The van der Waals surface area contributed by atoms with Gasteiger partial charge in [-0.05, 0) is 38.1 Å². The van der Waals surface area contributed by atoms with Crippen LogP contribution in [0.2, 0.25) is 0 Å². The minimum absolute atomic E-state index is 0.0193. The fourth-order valence-electron chi connectivity index (χ4n) is 1.47. The van der Waals surface area contributed by atoms with E-state index in [4.69, 9.17) is 5.11 Å². The Bertz CT molecular complexity index is 349. The van der Waals surface area contributed by atoms with Crippen LogP contribution in [-0.2, 0) is 0 Å². The third kappa shape index (κ3) is 3.25. The van der Waals surface area contributed by atoms with Crippen LogP contribution in [0.1, 0.15) is 24.2 Å². The van der Waals surface area contributed by atoms with Crippen LogP contribution in [0.15, 0.2) is 29.2 Å². The summed E-state index contributed by atoms with van der Waals surface area (Å²) < 4.78 is 0. The van der Waals surface area contributed by atoms with Crippen molar-refractivity contribution in [3.8, 4) is 0 Å². The van der Waals surface area contributed by atoms with E-state index in [9.17, 15) is 4.79 Å². The van der Waals surface area contributed by atoms with Gasteiger partial charge in [-0.15, -0.1) is 12.6 Å². The highest BCUT2D eigenvalue weighted by atomic mass is 32.1. The van der Waals surface area contributed by atoms with Crippen molar-refractivity contribution in [1.82, 2.24) is 4.90 Å². The lowest BCUT2D eigenvalue weighted by molar-refractivity contribution is 0.0665. The van der Waals surface area contributed by atoms with Gasteiger partial charge in [-0.3, -0.25) is 4.79 Å². The molecule has 1 aromatic carbocycles. The number of rotatable bonds is 4. The van der Waals surface area contributed by atoms with Crippen LogP contribution in [0.4, 0.5) is 0 Å². The highest BCUT2D eigenvalue weighted by molar-refractivity contribution is 7.80. The summed E-state index contributed by atoms with van der Waals surface area (Å²) in [7, 11) is 0. The zero-order valence-electron chi connectivity index (χ0n) is 9.55. The molecule has 0 aliphatic carbocycles. The van der Waals surface area contributed by atoms with E-state index in [1.54, 1.807) is 29.2 Å². The lowest BCUT2D eigenvalue weighted by atomic mass is 10.1. The number of thiol groups is 1. The van der Waals surface area contributed by atoms with Crippen molar-refractivity contribution in [2.45, 2.75) is 24.8 Å². The predicted octanol–water partition coefficient (Wildman–Crippen LogP) is 1.82. The molecule has 1 amide bonds. The minimum atomic E-state index is -0.0580. The maximum atomic E-state index is 12.1. The monoisotopic (exact) mass is 239 g/mol. The maximum absolute atomic E-state index is 12.1. The van der Waals surface area contributed by atoms with Gasteiger partial charge >= 0.3 is 0 Å². The van der Waals surface area contributed by atoms with Gasteiger partial charge in [0.2, 0.25) is 0 Å². The molecule has 4 heteroatoms. The van der Waals surface area contributed by atoms with E-state index in [1.807, 2.05) is 13.8 Å². The van der Waals surface area contributed by atoms with E-state index in [1.165, 1.54) is 0 Å². The average Bonchev–Trinajstić information content (AvgIpc) is 2.25. The Labute approximate surface area is 101 Å². The number of aliphatic hydroxyl groups excluding tert-OH is 1. The maximum Gasteiger partial charge on any atom is 0.254 e. The predicted molar refractivity (Wildman–Crippen MR) is 67.0 cm³/mol. The van der Waals surface area contributed by atoms with Crippen LogP contribution < -0.4 is 0 Å². The molecular weight excluding hydrogens is 222 g/mol. The van der Waals surface area contributed by atoms with Gasteiger partial charge in [0.15, 0.2) is 0 Å². The number of carbonyl (C=O) groups excluding carboxylic acids is 1. The summed E-state index contributed by atoms with van der Waals surface area (Å²) in [4.78, 5) is 14.6. The molecule has 3 nitrogen and oxygen atoms in total. The molecule has 1 N–H and O–H groups in total. The number of nitrogens with zero attached hydrogens (tertiary/aromatic N) is 1. The Morgan fingerprint density at radius 2 is 1.94 bits per heavy atom. The Morgan fingerprint density at radius 3 is 2.38 bits per heavy atom. The Balaban J connectivity index is 2.86. The van der Waals surface area contributed by atoms with Crippen molar-refractivity contribution in [1.29, 1.82) is 0 Å². The van der Waals surface area contributed by atoms with Gasteiger partial charge in [-0.1, -0.05) is 0 Å². The largest absolute Gasteiger partial charge is 0.395 e. The van der Waals surface area contributed by atoms with E-state index >= 15 is 0 Å². The Kier molecular flexibility index (Phi) is 4.83. The topological polar surface area (TPSA) is 40.5 Å². The number of aliphatic hydroxyl groups is 1. The van der Waals surface area contributed by atoms with Crippen molar-refractivity contribution >= 4 is 18.5 Å². The first-order valence-corrected chi connectivity index (χ1v) is 5.72. The SMILES string of the molecule is CC(C)N(CCO)C(=O)c1ccc(S)cc1. The highest BCUT2D eigenvalue weighted by Crippen LogP contribution is 2.11. The standard InChI is InChI=1S/C12H17NO2S/c1-9(2)13(7-8-14)12(15)10-3-5-11(16)6-4-10/h3-6,9,14,16H,7-8H2,1-2H3. The molecule has 0 radical (unpaired) electrons. The molecule has 0 unspecified atom stereocenters. The van der Waals surface area contributed by atoms with E-state index in [-0.39, 0.29) is 18.6 Å². The summed E-state index contributed by atoms with van der Waals surface area (Å²) in [6.45, 7) is 4.20. The molecule has 0 fully saturated rings. The molecule has 1 rings (SSSR count). The van der Waals surface area contributed by atoms with Gasteiger partial charge in [0.25, 0.3) is 5.91 Å². The van der Waals surface area contributed by atoms with Crippen LogP contribution in [0, 0.1) is 0 Å². The van der Waals surface area contributed by atoms with Crippen LogP contribution in [-0.4, -0.2) is 35.1 Å². The first-order valence-electron chi connectivity index (χ1n) is 5.27. The van der Waals surface area contributed by atoms with Gasteiger partial charge in [0.05, 0.1) is 6.61 Å². The normalized spacial score (nSPS) is 10.6. The van der Waals surface area contributed by atoms with Crippen molar-refractivity contribution in [2.75, 3.05) is 13.2 Å². The lowest BCUT2D eigenvalue weighted by Crippen LogP contribution is -2.38. The highest BCUT2D eigenvalue weighted by Gasteiger charge is 2.17. The molecule has 0 atom stereocenters. The van der Waals surface area contributed by atoms with Crippen LogP contribution in [0.3, 0.4) is 0 Å². The zero-order chi connectivity index (χ0) is 12.1. The molecular formula is C12H17NO2S. The van der Waals surface area contributed by atoms with Gasteiger partial charge < -0.3 is 10.0 Å². The van der Waals surface area contributed by atoms with Crippen molar-refractivity contribution in [2.24, 2.45) is 0 Å². The molecule has 1 aromatic rings. The summed E-state index contributed by atoms with van der Waals surface area (Å²) in [5, 5.41) is 8.92. The van der Waals surface area contributed by atoms with Gasteiger partial charge in [0, 0.05) is 23.0 Å². The van der Waals surface area contributed by atoms with E-state index in [2.05, 4.69) is 12.6 Å². The molecule has 0 spiro atoms. The number of hydrogen-bond donors (Lipinski definition) is 2. The van der Waals surface area contributed by atoms with E-state index in [0.29, 0.717) is 12.1 Å². The lowest BCUT2D eigenvalue weighted by Gasteiger charge is -2.26. The Morgan fingerprint density at radius 1 is 1.38 bits per heavy atom. The second-order valence-corrected chi connectivity index (χ2v) is 4.38. The van der Waals surface area contributed by atoms with Crippen molar-refractivity contribution in [3.05, 3.63) is 29.8 Å². The quantitative estimate of drug-likeness (QED) is 0.787. The number of carbonyl (C=O) groups is 1. The van der Waals surface area contributed by atoms with Gasteiger partial charge in [-0.25, -0.2) is 0 Å². The second kappa shape index (κ2) is 5.92. The van der Waals surface area contributed by atoms with Crippen LogP contribution in [0.5, 0.6) is 0 Å². The molecule has 88 valence electrons. The summed E-state index contributed by atoms with van der Waals surface area (Å²) in [5.74, 6) is -0.0580. The van der Waals surface area contributed by atoms with Crippen molar-refractivity contribution < 1.29 is 9.90 Å². The van der Waals surface area contributed by atoms with Gasteiger partial charge in [0.1, 0.15) is 0 Å². The molecule has 16 heavy (non-hydrogen) atoms. The third-order valence-electron chi connectivity index (χ3n) is 2.34. The fourth-order valence-corrected chi connectivity index (χ4v) is 1.62. The average molecular weight is 239 g/mol. The minimum Gasteiger partial charge on any atom is -0.395 e. The Hall–Kier alpha value is -1.00. The zero-order valence-corrected chi connectivity index (χ0v) is 10.4. The summed E-state index contributed by atoms with van der Waals surface area (Å²) >= 11 is 4.17. The van der Waals surface area contributed by atoms with Crippen LogP contribution in [0.25, 0.3) is 0 Å². The molecule has 0 saturated heterocycles. The fraction of sp³-hybridized carbons (Fsp3) is 0.417. The number of amides is 1. The molecule has 0 aromatic heterocycles. The van der Waals surface area contributed by atoms with Crippen molar-refractivity contribution in [3.63, 3.8) is 0 Å². The molecule has 0 aliphatic heterocycles. The summed E-state index contributed by atoms with van der Waals surface area (Å²) in [6, 6.07) is 7.14. The van der Waals surface area contributed by atoms with E-state index < -0.39 is 0 Å². The molecule has 0 saturated carbocycles. The van der Waals surface area contributed by atoms with Crippen LogP contribution >= 0.6 is 12.6 Å². The molecule has 0 aliphatic rings. The smallest absolute Gasteiger partial charge is 0.254 e. The molecule has 0 heterocycles. The molecule has 0 bridgehead atoms.